The summed E-state index contributed by atoms with van der Waals surface area (Å²) in [5.41, 5.74) is 1.67. The summed E-state index contributed by atoms with van der Waals surface area (Å²) in [6.45, 7) is 1.90. The van der Waals surface area contributed by atoms with E-state index in [0.29, 0.717) is 5.65 Å². The number of rotatable bonds is 0. The highest BCUT2D eigenvalue weighted by Gasteiger charge is 2.00. The van der Waals surface area contributed by atoms with Crippen LogP contribution >= 0.6 is 0 Å². The van der Waals surface area contributed by atoms with E-state index in [1.165, 1.54) is 10.5 Å². The summed E-state index contributed by atoms with van der Waals surface area (Å²) in [6, 6.07) is 3.15. The minimum absolute atomic E-state index is 0.275. The Morgan fingerprint density at radius 1 is 1.45 bits per heavy atom. The molecule has 0 atom stereocenters. The Bertz CT molecular complexity index is 356. The number of aryl methyl sites for hydroxylation is 1. The number of nitrogens with zero attached hydrogens (tertiary/aromatic N) is 2. The molecule has 0 saturated carbocycles. The van der Waals surface area contributed by atoms with E-state index < -0.39 is 0 Å². The van der Waals surface area contributed by atoms with Gasteiger partial charge < -0.3 is 0 Å². The van der Waals surface area contributed by atoms with Crippen LogP contribution in [0.25, 0.3) is 5.65 Å². The molecule has 0 aliphatic heterocycles. The highest BCUT2D eigenvalue weighted by atomic mass is 19.1. The lowest BCUT2D eigenvalue weighted by Crippen LogP contribution is -1.92. The number of aromatic nitrogens is 2. The fraction of sp³-hybridized carbons (Fsp3) is 0.125. The van der Waals surface area contributed by atoms with Crippen LogP contribution < -0.4 is 0 Å². The third-order valence-electron chi connectivity index (χ3n) is 1.69. The van der Waals surface area contributed by atoms with Crippen LogP contribution in [0.1, 0.15) is 5.56 Å². The Labute approximate surface area is 63.3 Å². The first-order chi connectivity index (χ1) is 5.29. The third kappa shape index (κ3) is 0.808. The van der Waals surface area contributed by atoms with Gasteiger partial charge in [0.15, 0.2) is 5.95 Å². The van der Waals surface area contributed by atoms with E-state index in [4.69, 9.17) is 0 Å². The first kappa shape index (κ1) is 6.34. The van der Waals surface area contributed by atoms with E-state index in [-0.39, 0.29) is 5.95 Å². The van der Waals surface area contributed by atoms with Gasteiger partial charge in [0.2, 0.25) is 0 Å². The highest BCUT2D eigenvalue weighted by molar-refractivity contribution is 5.46. The first-order valence-electron chi connectivity index (χ1n) is 3.37. The number of imidazole rings is 1. The van der Waals surface area contributed by atoms with Gasteiger partial charge in [0.1, 0.15) is 5.65 Å². The molecule has 2 rings (SSSR count). The first-order valence-corrected chi connectivity index (χ1v) is 3.37. The van der Waals surface area contributed by atoms with Crippen LogP contribution in [0.3, 0.4) is 0 Å². The van der Waals surface area contributed by atoms with E-state index in [9.17, 15) is 4.39 Å². The van der Waals surface area contributed by atoms with Gasteiger partial charge in [-0.2, -0.15) is 4.39 Å². The Morgan fingerprint density at radius 2 is 2.27 bits per heavy atom. The molecule has 0 unspecified atom stereocenters. The zero-order chi connectivity index (χ0) is 7.84. The molecule has 2 aromatic rings. The molecule has 0 N–H and O–H groups in total. The maximum Gasteiger partial charge on any atom is 0.199 e. The lowest BCUT2D eigenvalue weighted by molar-refractivity contribution is 0.567. The molecule has 0 bridgehead atoms. The standard InChI is InChI=1S/C8H7FN2/c1-6-2-3-7(9)11-5-4-10-8(6)11/h2-5H,1H3. The number of hydrogen-bond donors (Lipinski definition) is 0. The molecule has 0 spiro atoms. The van der Waals surface area contributed by atoms with Crippen LogP contribution in [0, 0.1) is 12.9 Å². The summed E-state index contributed by atoms with van der Waals surface area (Å²) in [5, 5.41) is 0. The fourth-order valence-corrected chi connectivity index (χ4v) is 1.12. The second-order valence-corrected chi connectivity index (χ2v) is 2.46. The molecular weight excluding hydrogens is 143 g/mol. The maximum absolute atomic E-state index is 12.9. The minimum Gasteiger partial charge on any atom is -0.276 e. The van der Waals surface area contributed by atoms with Gasteiger partial charge in [0.05, 0.1) is 0 Å². The molecule has 2 heterocycles. The summed E-state index contributed by atoms with van der Waals surface area (Å²) in [4.78, 5) is 4.00. The molecule has 0 aliphatic rings. The highest BCUT2D eigenvalue weighted by Crippen LogP contribution is 2.09. The van der Waals surface area contributed by atoms with E-state index in [0.717, 1.165) is 5.56 Å². The van der Waals surface area contributed by atoms with E-state index >= 15 is 0 Å². The topological polar surface area (TPSA) is 17.3 Å². The van der Waals surface area contributed by atoms with Crippen LogP contribution in [-0.2, 0) is 0 Å². The molecule has 2 nitrogen and oxygen atoms in total. The number of hydrogen-bond acceptors (Lipinski definition) is 1. The van der Waals surface area contributed by atoms with Crippen molar-refractivity contribution in [2.75, 3.05) is 0 Å². The van der Waals surface area contributed by atoms with Gasteiger partial charge in [0, 0.05) is 12.4 Å². The predicted molar refractivity (Wildman–Crippen MR) is 39.9 cm³/mol. The molecule has 56 valence electrons. The molecule has 0 amide bonds. The average Bonchev–Trinajstić information content (AvgIpc) is 2.45. The van der Waals surface area contributed by atoms with Crippen molar-refractivity contribution in [2.45, 2.75) is 6.92 Å². The summed E-state index contributed by atoms with van der Waals surface area (Å²) >= 11 is 0. The van der Waals surface area contributed by atoms with Crippen molar-refractivity contribution in [1.82, 2.24) is 9.38 Å². The summed E-state index contributed by atoms with van der Waals surface area (Å²) in [6.07, 6.45) is 3.20. The van der Waals surface area contributed by atoms with Gasteiger partial charge in [-0.15, -0.1) is 0 Å². The largest absolute Gasteiger partial charge is 0.276 e. The van der Waals surface area contributed by atoms with Crippen LogP contribution in [0.2, 0.25) is 0 Å². The normalized spacial score (nSPS) is 10.7. The van der Waals surface area contributed by atoms with Crippen LogP contribution in [0.15, 0.2) is 24.5 Å². The lowest BCUT2D eigenvalue weighted by Gasteiger charge is -1.97. The molecule has 3 heteroatoms. The van der Waals surface area contributed by atoms with Crippen molar-refractivity contribution in [3.63, 3.8) is 0 Å². The van der Waals surface area contributed by atoms with Gasteiger partial charge in [-0.1, -0.05) is 6.07 Å². The average molecular weight is 150 g/mol. The van der Waals surface area contributed by atoms with E-state index in [1.807, 2.05) is 6.92 Å². The summed E-state index contributed by atoms with van der Waals surface area (Å²) < 4.78 is 14.3. The van der Waals surface area contributed by atoms with Crippen LogP contribution in [0.5, 0.6) is 0 Å². The van der Waals surface area contributed by atoms with Gasteiger partial charge in [-0.25, -0.2) is 4.98 Å². The van der Waals surface area contributed by atoms with Gasteiger partial charge in [-0.05, 0) is 18.6 Å². The van der Waals surface area contributed by atoms with E-state index in [2.05, 4.69) is 4.98 Å². The van der Waals surface area contributed by atoms with Crippen molar-refractivity contribution in [1.29, 1.82) is 0 Å². The predicted octanol–water partition coefficient (Wildman–Crippen LogP) is 1.78. The SMILES string of the molecule is Cc1ccc(F)n2ccnc12. The summed E-state index contributed by atoms with van der Waals surface area (Å²) in [5.74, 6) is -0.275. The van der Waals surface area contributed by atoms with Crippen molar-refractivity contribution >= 4 is 5.65 Å². The smallest absolute Gasteiger partial charge is 0.199 e. The molecule has 0 saturated heterocycles. The van der Waals surface area contributed by atoms with Gasteiger partial charge in [-0.3, -0.25) is 4.40 Å². The van der Waals surface area contributed by atoms with Crippen molar-refractivity contribution in [2.24, 2.45) is 0 Å². The van der Waals surface area contributed by atoms with Crippen molar-refractivity contribution in [3.8, 4) is 0 Å². The summed E-state index contributed by atoms with van der Waals surface area (Å²) in [7, 11) is 0. The molecular formula is C8H7FN2. The Balaban J connectivity index is 2.96. The maximum atomic E-state index is 12.9. The minimum atomic E-state index is -0.275. The second-order valence-electron chi connectivity index (χ2n) is 2.46. The number of fused-ring (bicyclic) bond motifs is 1. The second kappa shape index (κ2) is 2.05. The van der Waals surface area contributed by atoms with Crippen molar-refractivity contribution < 1.29 is 4.39 Å². The molecule has 0 aromatic carbocycles. The zero-order valence-electron chi connectivity index (χ0n) is 6.08. The Kier molecular flexibility index (Phi) is 1.18. The Hall–Kier alpha value is -1.38. The molecule has 2 aromatic heterocycles. The zero-order valence-corrected chi connectivity index (χ0v) is 6.08. The van der Waals surface area contributed by atoms with Crippen LogP contribution in [0.4, 0.5) is 4.39 Å². The van der Waals surface area contributed by atoms with E-state index in [1.54, 1.807) is 18.5 Å². The van der Waals surface area contributed by atoms with Crippen LogP contribution in [-0.4, -0.2) is 9.38 Å². The lowest BCUT2D eigenvalue weighted by atomic mass is 10.3. The molecule has 11 heavy (non-hydrogen) atoms. The van der Waals surface area contributed by atoms with Gasteiger partial charge >= 0.3 is 0 Å². The molecule has 0 fully saturated rings. The number of pyridine rings is 1. The molecule has 0 aliphatic carbocycles. The third-order valence-corrected chi connectivity index (χ3v) is 1.69. The number of halogens is 1. The quantitative estimate of drug-likeness (QED) is 0.523. The monoisotopic (exact) mass is 150 g/mol. The Morgan fingerprint density at radius 3 is 3.00 bits per heavy atom. The van der Waals surface area contributed by atoms with Crippen molar-refractivity contribution in [3.05, 3.63) is 36.0 Å². The molecule has 0 radical (unpaired) electrons. The fourth-order valence-electron chi connectivity index (χ4n) is 1.12. The van der Waals surface area contributed by atoms with Gasteiger partial charge in [0.25, 0.3) is 0 Å².